The Morgan fingerprint density at radius 1 is 1.33 bits per heavy atom. The Morgan fingerprint density at radius 2 is 2.20 bits per heavy atom. The number of ether oxygens (including phenoxy) is 1. The summed E-state index contributed by atoms with van der Waals surface area (Å²) in [6.07, 6.45) is 1.80. The smallest absolute Gasteiger partial charge is 0.140 e. The van der Waals surface area contributed by atoms with E-state index in [1.54, 1.807) is 17.5 Å². The monoisotopic (exact) mass is 219 g/mol. The van der Waals surface area contributed by atoms with Crippen molar-refractivity contribution in [3.05, 3.63) is 45.9 Å². The van der Waals surface area contributed by atoms with Gasteiger partial charge >= 0.3 is 0 Å². The van der Waals surface area contributed by atoms with Crippen LogP contribution >= 0.6 is 11.3 Å². The van der Waals surface area contributed by atoms with Crippen molar-refractivity contribution in [1.29, 1.82) is 0 Å². The van der Waals surface area contributed by atoms with Gasteiger partial charge < -0.3 is 4.74 Å². The third-order valence-corrected chi connectivity index (χ3v) is 3.14. The van der Waals surface area contributed by atoms with Crippen LogP contribution in [0.2, 0.25) is 0 Å². The van der Waals surface area contributed by atoms with Gasteiger partial charge in [0.25, 0.3) is 0 Å². The summed E-state index contributed by atoms with van der Waals surface area (Å²) in [5.74, 6) is 0.949. The van der Waals surface area contributed by atoms with Crippen LogP contribution in [-0.2, 0) is 6.61 Å². The molecule has 3 heteroatoms. The van der Waals surface area contributed by atoms with Crippen LogP contribution in [0.25, 0.3) is 0 Å². The summed E-state index contributed by atoms with van der Waals surface area (Å²) in [6.45, 7) is 4.72. The molecule has 1 aromatic heterocycles. The molecule has 1 aromatic carbocycles. The number of thiazole rings is 1. The second-order valence-electron chi connectivity index (χ2n) is 3.41. The largest absolute Gasteiger partial charge is 0.486 e. The number of aryl methyl sites for hydroxylation is 1. The first-order chi connectivity index (χ1) is 7.27. The minimum absolute atomic E-state index is 0.558. The summed E-state index contributed by atoms with van der Waals surface area (Å²) in [5.41, 5.74) is 2.46. The van der Waals surface area contributed by atoms with E-state index in [2.05, 4.69) is 24.9 Å². The molecule has 0 bridgehead atoms. The summed E-state index contributed by atoms with van der Waals surface area (Å²) in [7, 11) is 0. The molecule has 0 saturated carbocycles. The van der Waals surface area contributed by atoms with Crippen molar-refractivity contribution in [2.24, 2.45) is 0 Å². The fourth-order valence-corrected chi connectivity index (χ4v) is 1.87. The van der Waals surface area contributed by atoms with E-state index in [-0.39, 0.29) is 0 Å². The van der Waals surface area contributed by atoms with Crippen molar-refractivity contribution >= 4 is 11.3 Å². The van der Waals surface area contributed by atoms with Gasteiger partial charge in [0.1, 0.15) is 17.4 Å². The van der Waals surface area contributed by atoms with Crippen molar-refractivity contribution in [3.8, 4) is 5.75 Å². The molecule has 0 amide bonds. The van der Waals surface area contributed by atoms with Crippen molar-refractivity contribution in [3.63, 3.8) is 0 Å². The molecule has 0 aliphatic carbocycles. The zero-order valence-electron chi connectivity index (χ0n) is 8.86. The van der Waals surface area contributed by atoms with Gasteiger partial charge in [-0.05, 0) is 31.0 Å². The molecule has 0 saturated heterocycles. The van der Waals surface area contributed by atoms with E-state index in [1.807, 2.05) is 17.5 Å². The highest BCUT2D eigenvalue weighted by Crippen LogP contribution is 2.21. The maximum atomic E-state index is 5.71. The van der Waals surface area contributed by atoms with Gasteiger partial charge in [-0.15, -0.1) is 11.3 Å². The van der Waals surface area contributed by atoms with Gasteiger partial charge in [-0.2, -0.15) is 0 Å². The van der Waals surface area contributed by atoms with Crippen LogP contribution in [0.15, 0.2) is 29.8 Å². The molecule has 0 aliphatic heterocycles. The van der Waals surface area contributed by atoms with E-state index in [9.17, 15) is 0 Å². The van der Waals surface area contributed by atoms with E-state index >= 15 is 0 Å². The number of hydrogen-bond acceptors (Lipinski definition) is 3. The Balaban J connectivity index is 2.08. The van der Waals surface area contributed by atoms with E-state index in [0.29, 0.717) is 6.61 Å². The predicted octanol–water partition coefficient (Wildman–Crippen LogP) is 3.34. The molecule has 2 aromatic rings. The van der Waals surface area contributed by atoms with Gasteiger partial charge in [0, 0.05) is 11.6 Å². The number of nitrogens with zero attached hydrogens (tertiary/aromatic N) is 1. The first-order valence-corrected chi connectivity index (χ1v) is 5.72. The second-order valence-corrected chi connectivity index (χ2v) is 4.39. The van der Waals surface area contributed by atoms with Gasteiger partial charge in [-0.3, -0.25) is 0 Å². The SMILES string of the molecule is Cc1cccc(OCc2nccs2)c1C. The molecule has 78 valence electrons. The highest BCUT2D eigenvalue weighted by Gasteiger charge is 2.02. The minimum Gasteiger partial charge on any atom is -0.486 e. The van der Waals surface area contributed by atoms with E-state index < -0.39 is 0 Å². The maximum absolute atomic E-state index is 5.71. The van der Waals surface area contributed by atoms with Gasteiger partial charge in [0.15, 0.2) is 0 Å². The zero-order chi connectivity index (χ0) is 10.7. The maximum Gasteiger partial charge on any atom is 0.140 e. The molecule has 15 heavy (non-hydrogen) atoms. The summed E-state index contributed by atoms with van der Waals surface area (Å²) in [5, 5.41) is 2.97. The van der Waals surface area contributed by atoms with Crippen LogP contribution in [0.3, 0.4) is 0 Å². The highest BCUT2D eigenvalue weighted by atomic mass is 32.1. The quantitative estimate of drug-likeness (QED) is 0.790. The van der Waals surface area contributed by atoms with Crippen molar-refractivity contribution in [2.45, 2.75) is 20.5 Å². The molecular weight excluding hydrogens is 206 g/mol. The topological polar surface area (TPSA) is 22.1 Å². The van der Waals surface area contributed by atoms with Crippen LogP contribution in [0, 0.1) is 13.8 Å². The average molecular weight is 219 g/mol. The molecule has 0 N–H and O–H groups in total. The van der Waals surface area contributed by atoms with E-state index in [1.165, 1.54) is 11.1 Å². The molecule has 0 fully saturated rings. The third-order valence-electron chi connectivity index (χ3n) is 2.39. The minimum atomic E-state index is 0.558. The van der Waals surface area contributed by atoms with Crippen molar-refractivity contribution < 1.29 is 4.74 Å². The standard InChI is InChI=1S/C12H13NOS/c1-9-4-3-5-11(10(9)2)14-8-12-13-6-7-15-12/h3-7H,8H2,1-2H3. The Hall–Kier alpha value is -1.35. The lowest BCUT2D eigenvalue weighted by Gasteiger charge is -2.09. The van der Waals surface area contributed by atoms with Crippen LogP contribution in [-0.4, -0.2) is 4.98 Å². The van der Waals surface area contributed by atoms with E-state index in [4.69, 9.17) is 4.74 Å². The third kappa shape index (κ3) is 2.36. The molecule has 0 unspecified atom stereocenters. The Bertz CT molecular complexity index is 437. The fourth-order valence-electron chi connectivity index (χ4n) is 1.34. The molecule has 2 nitrogen and oxygen atoms in total. The summed E-state index contributed by atoms with van der Waals surface area (Å²) >= 11 is 1.62. The van der Waals surface area contributed by atoms with Crippen molar-refractivity contribution in [2.75, 3.05) is 0 Å². The van der Waals surface area contributed by atoms with Crippen LogP contribution in [0.5, 0.6) is 5.75 Å². The Labute approximate surface area is 93.6 Å². The molecular formula is C12H13NOS. The van der Waals surface area contributed by atoms with Gasteiger partial charge in [0.05, 0.1) is 0 Å². The molecule has 0 spiro atoms. The first kappa shape index (κ1) is 10.2. The average Bonchev–Trinajstić information content (AvgIpc) is 2.73. The Morgan fingerprint density at radius 3 is 2.93 bits per heavy atom. The zero-order valence-corrected chi connectivity index (χ0v) is 9.67. The van der Waals surface area contributed by atoms with E-state index in [0.717, 1.165) is 10.8 Å². The van der Waals surface area contributed by atoms with Crippen molar-refractivity contribution in [1.82, 2.24) is 4.98 Å². The predicted molar refractivity (Wildman–Crippen MR) is 62.4 cm³/mol. The molecule has 0 radical (unpaired) electrons. The number of aromatic nitrogens is 1. The molecule has 2 rings (SSSR count). The first-order valence-electron chi connectivity index (χ1n) is 4.85. The lowest BCUT2D eigenvalue weighted by Crippen LogP contribution is -1.97. The van der Waals surface area contributed by atoms with Crippen LogP contribution in [0.4, 0.5) is 0 Å². The summed E-state index contributed by atoms with van der Waals surface area (Å²) < 4.78 is 5.71. The van der Waals surface area contributed by atoms with Crippen LogP contribution < -0.4 is 4.74 Å². The lowest BCUT2D eigenvalue weighted by molar-refractivity contribution is 0.303. The number of benzene rings is 1. The molecule has 1 heterocycles. The Kier molecular flexibility index (Phi) is 3.02. The summed E-state index contributed by atoms with van der Waals surface area (Å²) in [6, 6.07) is 6.10. The fraction of sp³-hybridized carbons (Fsp3) is 0.250. The molecule has 0 aliphatic rings. The number of rotatable bonds is 3. The lowest BCUT2D eigenvalue weighted by atomic mass is 10.1. The van der Waals surface area contributed by atoms with Gasteiger partial charge in [-0.25, -0.2) is 4.98 Å². The number of hydrogen-bond donors (Lipinski definition) is 0. The highest BCUT2D eigenvalue weighted by molar-refractivity contribution is 7.09. The van der Waals surface area contributed by atoms with Gasteiger partial charge in [0.2, 0.25) is 0 Å². The van der Waals surface area contributed by atoms with Crippen LogP contribution in [0.1, 0.15) is 16.1 Å². The van der Waals surface area contributed by atoms with Gasteiger partial charge in [-0.1, -0.05) is 12.1 Å². The molecule has 0 atom stereocenters. The normalized spacial score (nSPS) is 10.3. The summed E-state index contributed by atoms with van der Waals surface area (Å²) in [4.78, 5) is 4.18. The second kappa shape index (κ2) is 4.45.